The van der Waals surface area contributed by atoms with E-state index in [1.54, 1.807) is 37.4 Å². The molecule has 0 amide bonds. The van der Waals surface area contributed by atoms with Crippen LogP contribution in [0, 0.1) is 5.41 Å². The van der Waals surface area contributed by atoms with Crippen molar-refractivity contribution < 1.29 is 13.2 Å². The normalized spacial score (nSPS) is 14.4. The molecule has 1 atom stereocenters. The van der Waals surface area contributed by atoms with Gasteiger partial charge in [0.2, 0.25) is 10.0 Å². The Morgan fingerprint density at radius 2 is 1.78 bits per heavy atom. The Kier molecular flexibility index (Phi) is 4.90. The fraction of sp³-hybridized carbons (Fsp3) is 0.538. The number of nitrogens with one attached hydrogen (secondary N) is 1. The molecule has 0 aromatic heterocycles. The molecule has 1 N–H and O–H groups in total. The Hall–Kier alpha value is -0.910. The summed E-state index contributed by atoms with van der Waals surface area (Å²) in [5, 5.41) is 0. The molecule has 4 nitrogen and oxygen atoms in total. The Bertz CT molecular complexity index is 463. The van der Waals surface area contributed by atoms with Crippen LogP contribution in [0.1, 0.15) is 20.8 Å². The number of methoxy groups -OCH3 is 1. The molecule has 0 saturated heterocycles. The number of sulfonamides is 1. The lowest BCUT2D eigenvalue weighted by Crippen LogP contribution is -2.40. The minimum atomic E-state index is -3.46. The predicted molar refractivity (Wildman–Crippen MR) is 71.9 cm³/mol. The van der Waals surface area contributed by atoms with E-state index in [2.05, 4.69) is 4.72 Å². The summed E-state index contributed by atoms with van der Waals surface area (Å²) in [5.41, 5.74) is -0.117. The van der Waals surface area contributed by atoms with Crippen molar-refractivity contribution in [3.63, 3.8) is 0 Å². The molecule has 0 heterocycles. The molecule has 0 spiro atoms. The van der Waals surface area contributed by atoms with E-state index in [1.165, 1.54) is 0 Å². The minimum Gasteiger partial charge on any atom is -0.380 e. The van der Waals surface area contributed by atoms with E-state index in [-0.39, 0.29) is 23.0 Å². The second kappa shape index (κ2) is 5.82. The van der Waals surface area contributed by atoms with Gasteiger partial charge in [0.1, 0.15) is 0 Å². The van der Waals surface area contributed by atoms with Crippen LogP contribution in [0.2, 0.25) is 0 Å². The Balaban J connectivity index is 2.74. The molecule has 1 aromatic rings. The maximum Gasteiger partial charge on any atom is 0.240 e. The number of hydrogen-bond acceptors (Lipinski definition) is 3. The smallest absolute Gasteiger partial charge is 0.240 e. The van der Waals surface area contributed by atoms with Gasteiger partial charge in [0, 0.05) is 13.7 Å². The van der Waals surface area contributed by atoms with E-state index in [1.807, 2.05) is 20.8 Å². The third kappa shape index (κ3) is 4.08. The number of benzene rings is 1. The van der Waals surface area contributed by atoms with Crippen molar-refractivity contribution in [2.24, 2.45) is 5.41 Å². The molecule has 5 heteroatoms. The van der Waals surface area contributed by atoms with Gasteiger partial charge >= 0.3 is 0 Å². The molecular weight excluding hydrogens is 250 g/mol. The van der Waals surface area contributed by atoms with Crippen LogP contribution in [0.3, 0.4) is 0 Å². The second-order valence-electron chi connectivity index (χ2n) is 5.26. The highest BCUT2D eigenvalue weighted by atomic mass is 32.2. The molecule has 0 saturated carbocycles. The second-order valence-corrected chi connectivity index (χ2v) is 7.02. The van der Waals surface area contributed by atoms with Gasteiger partial charge in [0.15, 0.2) is 0 Å². The van der Waals surface area contributed by atoms with Crippen molar-refractivity contribution in [3.8, 4) is 0 Å². The fourth-order valence-corrected chi connectivity index (χ4v) is 2.66. The largest absolute Gasteiger partial charge is 0.380 e. The van der Waals surface area contributed by atoms with Crippen LogP contribution >= 0.6 is 0 Å². The fourth-order valence-electron chi connectivity index (χ4n) is 1.61. The van der Waals surface area contributed by atoms with Crippen LogP contribution in [-0.2, 0) is 14.8 Å². The summed E-state index contributed by atoms with van der Waals surface area (Å²) < 4.78 is 31.9. The highest BCUT2D eigenvalue weighted by molar-refractivity contribution is 7.89. The standard InChI is InChI=1S/C13H21NO3S/c1-13(2,3)12(17-4)10-14-18(15,16)11-8-6-5-7-9-11/h5-9,12,14H,10H2,1-4H3. The summed E-state index contributed by atoms with van der Waals surface area (Å²) in [6.45, 7) is 6.30. The molecule has 1 aromatic carbocycles. The highest BCUT2D eigenvalue weighted by Gasteiger charge is 2.26. The lowest BCUT2D eigenvalue weighted by molar-refractivity contribution is 0.0212. The molecule has 0 radical (unpaired) electrons. The topological polar surface area (TPSA) is 55.4 Å². The average molecular weight is 271 g/mol. The maximum absolute atomic E-state index is 12.0. The summed E-state index contributed by atoms with van der Waals surface area (Å²) >= 11 is 0. The Morgan fingerprint density at radius 1 is 1.22 bits per heavy atom. The lowest BCUT2D eigenvalue weighted by Gasteiger charge is -2.29. The van der Waals surface area contributed by atoms with Crippen molar-refractivity contribution in [2.75, 3.05) is 13.7 Å². The number of rotatable bonds is 5. The minimum absolute atomic E-state index is 0.117. The third-order valence-corrected chi connectivity index (χ3v) is 4.20. The molecule has 0 aliphatic rings. The summed E-state index contributed by atoms with van der Waals surface area (Å²) in [5.74, 6) is 0. The maximum atomic E-state index is 12.0. The van der Waals surface area contributed by atoms with Gasteiger partial charge in [-0.3, -0.25) is 0 Å². The SMILES string of the molecule is COC(CNS(=O)(=O)c1ccccc1)C(C)(C)C. The van der Waals surface area contributed by atoms with Gasteiger partial charge in [-0.05, 0) is 17.5 Å². The predicted octanol–water partition coefficient (Wildman–Crippen LogP) is 2.03. The Morgan fingerprint density at radius 3 is 2.22 bits per heavy atom. The number of hydrogen-bond donors (Lipinski definition) is 1. The van der Waals surface area contributed by atoms with Crippen molar-refractivity contribution in [1.29, 1.82) is 0 Å². The molecule has 0 aliphatic carbocycles. The molecule has 18 heavy (non-hydrogen) atoms. The van der Waals surface area contributed by atoms with Crippen molar-refractivity contribution in [2.45, 2.75) is 31.8 Å². The zero-order valence-electron chi connectivity index (χ0n) is 11.3. The van der Waals surface area contributed by atoms with Crippen molar-refractivity contribution >= 4 is 10.0 Å². The summed E-state index contributed by atoms with van der Waals surface area (Å²) in [7, 11) is -1.87. The molecule has 1 rings (SSSR count). The first-order valence-electron chi connectivity index (χ1n) is 5.85. The van der Waals surface area contributed by atoms with Crippen LogP contribution in [0.4, 0.5) is 0 Å². The van der Waals surface area contributed by atoms with Crippen LogP contribution in [0.5, 0.6) is 0 Å². The highest BCUT2D eigenvalue weighted by Crippen LogP contribution is 2.21. The summed E-state index contributed by atoms with van der Waals surface area (Å²) in [6, 6.07) is 8.33. The van der Waals surface area contributed by atoms with Gasteiger partial charge in [-0.25, -0.2) is 13.1 Å². The van der Waals surface area contributed by atoms with Gasteiger partial charge in [0.25, 0.3) is 0 Å². The molecule has 0 fully saturated rings. The van der Waals surface area contributed by atoms with Crippen molar-refractivity contribution in [3.05, 3.63) is 30.3 Å². The van der Waals surface area contributed by atoms with Crippen LogP contribution in [0.25, 0.3) is 0 Å². The third-order valence-electron chi connectivity index (χ3n) is 2.76. The molecule has 0 aliphatic heterocycles. The van der Waals surface area contributed by atoms with E-state index in [0.29, 0.717) is 0 Å². The summed E-state index contributed by atoms with van der Waals surface area (Å²) in [6.07, 6.45) is -0.170. The first-order valence-corrected chi connectivity index (χ1v) is 7.33. The molecule has 102 valence electrons. The van der Waals surface area contributed by atoms with E-state index < -0.39 is 10.0 Å². The van der Waals surface area contributed by atoms with Crippen LogP contribution in [-0.4, -0.2) is 28.2 Å². The van der Waals surface area contributed by atoms with E-state index in [4.69, 9.17) is 4.74 Å². The van der Waals surface area contributed by atoms with Gasteiger partial charge in [0.05, 0.1) is 11.0 Å². The van der Waals surface area contributed by atoms with Gasteiger partial charge in [-0.15, -0.1) is 0 Å². The van der Waals surface area contributed by atoms with Gasteiger partial charge < -0.3 is 4.74 Å². The first-order chi connectivity index (χ1) is 8.27. The average Bonchev–Trinajstić information content (AvgIpc) is 2.29. The molecular formula is C13H21NO3S. The van der Waals surface area contributed by atoms with Gasteiger partial charge in [-0.1, -0.05) is 39.0 Å². The quantitative estimate of drug-likeness (QED) is 0.891. The first kappa shape index (κ1) is 15.1. The van der Waals surface area contributed by atoms with E-state index in [0.717, 1.165) is 0 Å². The monoisotopic (exact) mass is 271 g/mol. The Labute approximate surface area is 109 Å². The molecule has 1 unspecified atom stereocenters. The number of ether oxygens (including phenoxy) is 1. The van der Waals surface area contributed by atoms with E-state index >= 15 is 0 Å². The zero-order valence-corrected chi connectivity index (χ0v) is 12.1. The van der Waals surface area contributed by atoms with Crippen LogP contribution < -0.4 is 4.72 Å². The van der Waals surface area contributed by atoms with Crippen molar-refractivity contribution in [1.82, 2.24) is 4.72 Å². The lowest BCUT2D eigenvalue weighted by atomic mass is 9.89. The zero-order chi connectivity index (χ0) is 13.8. The van der Waals surface area contributed by atoms with Gasteiger partial charge in [-0.2, -0.15) is 0 Å². The molecule has 0 bridgehead atoms. The van der Waals surface area contributed by atoms with E-state index in [9.17, 15) is 8.42 Å². The van der Waals surface area contributed by atoms with Crippen LogP contribution in [0.15, 0.2) is 35.2 Å². The summed E-state index contributed by atoms with van der Waals surface area (Å²) in [4.78, 5) is 0.272.